The summed E-state index contributed by atoms with van der Waals surface area (Å²) in [5, 5.41) is 22.9. The first kappa shape index (κ1) is 25.0. The fourth-order valence-corrected chi connectivity index (χ4v) is 5.78. The van der Waals surface area contributed by atoms with Crippen LogP contribution in [0.3, 0.4) is 0 Å². The Hall–Kier alpha value is -3.70. The van der Waals surface area contributed by atoms with E-state index in [1.54, 1.807) is 18.2 Å². The number of piperidine rings is 2. The fraction of sp³-hybridized carbons (Fsp3) is 0.448. The number of rotatable bonds is 6. The average Bonchev–Trinajstić information content (AvgIpc) is 2.92. The predicted octanol–water partition coefficient (Wildman–Crippen LogP) is 5.14. The molecule has 8 nitrogen and oxygen atoms in total. The van der Waals surface area contributed by atoms with E-state index < -0.39 is 5.97 Å². The smallest absolute Gasteiger partial charge is 0.337 e. The lowest BCUT2D eigenvalue weighted by Gasteiger charge is -2.40. The van der Waals surface area contributed by atoms with Gasteiger partial charge in [0.05, 0.1) is 22.6 Å². The summed E-state index contributed by atoms with van der Waals surface area (Å²) in [5.74, 6) is -0.326. The molecule has 0 unspecified atom stereocenters. The summed E-state index contributed by atoms with van der Waals surface area (Å²) in [7, 11) is 0. The quantitative estimate of drug-likeness (QED) is 0.482. The van der Waals surface area contributed by atoms with E-state index in [-0.39, 0.29) is 11.6 Å². The molecule has 0 saturated carbocycles. The van der Waals surface area contributed by atoms with Gasteiger partial charge in [-0.05, 0) is 76.4 Å². The monoisotopic (exact) mass is 498 g/mol. The SMILES string of the molecule is Cc1cc([C@@H](C)Nc2ccccc2C(=O)O)c2nc(N3CCC(N4CCCCC4)CC3)c(C#N)nc2c1. The van der Waals surface area contributed by atoms with Gasteiger partial charge in [0.25, 0.3) is 0 Å². The van der Waals surface area contributed by atoms with E-state index in [2.05, 4.69) is 27.3 Å². The van der Waals surface area contributed by atoms with Crippen molar-refractivity contribution in [2.24, 2.45) is 0 Å². The second-order valence-corrected chi connectivity index (χ2v) is 10.3. The van der Waals surface area contributed by atoms with Crippen molar-refractivity contribution in [3.63, 3.8) is 0 Å². The number of hydrogen-bond donors (Lipinski definition) is 2. The van der Waals surface area contributed by atoms with Gasteiger partial charge < -0.3 is 20.2 Å². The number of aromatic nitrogens is 2. The normalized spacial score (nSPS) is 17.9. The van der Waals surface area contributed by atoms with Crippen LogP contribution in [0.1, 0.15) is 72.2 Å². The molecule has 192 valence electrons. The van der Waals surface area contributed by atoms with Crippen molar-refractivity contribution < 1.29 is 9.90 Å². The van der Waals surface area contributed by atoms with Crippen LogP contribution in [-0.2, 0) is 0 Å². The number of likely N-dealkylation sites (tertiary alicyclic amines) is 1. The number of aromatic carboxylic acids is 1. The molecule has 3 heterocycles. The van der Waals surface area contributed by atoms with Gasteiger partial charge in [-0.1, -0.05) is 24.6 Å². The van der Waals surface area contributed by atoms with E-state index in [1.165, 1.54) is 32.4 Å². The Kier molecular flexibility index (Phi) is 7.24. The van der Waals surface area contributed by atoms with Crippen LogP contribution in [0, 0.1) is 18.3 Å². The molecule has 1 atom stereocenters. The van der Waals surface area contributed by atoms with Gasteiger partial charge in [0, 0.05) is 30.4 Å². The highest BCUT2D eigenvalue weighted by molar-refractivity contribution is 5.94. The highest BCUT2D eigenvalue weighted by Gasteiger charge is 2.28. The molecule has 0 spiro atoms. The zero-order chi connectivity index (χ0) is 25.9. The molecule has 2 fully saturated rings. The molecule has 5 rings (SSSR count). The van der Waals surface area contributed by atoms with Crippen LogP contribution in [0.25, 0.3) is 11.0 Å². The maximum Gasteiger partial charge on any atom is 0.337 e. The molecule has 0 bridgehead atoms. The third kappa shape index (κ3) is 5.23. The molecule has 37 heavy (non-hydrogen) atoms. The zero-order valence-corrected chi connectivity index (χ0v) is 21.6. The standard InChI is InChI=1S/C29H34N6O2/c1-19-16-23(20(2)31-24-9-5-4-8-22(24)29(36)37)27-25(17-19)32-26(18-30)28(33-27)35-14-10-21(11-15-35)34-12-6-3-7-13-34/h4-5,8-9,16-17,20-21,31H,3,6-7,10-15H2,1-2H3,(H,36,37)/t20-/m1/s1. The molecule has 2 aliphatic rings. The lowest BCUT2D eigenvalue weighted by Crippen LogP contribution is -2.47. The Morgan fingerprint density at radius 1 is 1.11 bits per heavy atom. The third-order valence-electron chi connectivity index (χ3n) is 7.70. The van der Waals surface area contributed by atoms with Crippen LogP contribution in [-0.4, -0.2) is 58.2 Å². The molecular weight excluding hydrogens is 464 g/mol. The number of carboxylic acid groups (broad SMARTS) is 1. The predicted molar refractivity (Wildman–Crippen MR) is 145 cm³/mol. The first-order valence-electron chi connectivity index (χ1n) is 13.2. The minimum Gasteiger partial charge on any atom is -0.478 e. The van der Waals surface area contributed by atoms with Gasteiger partial charge in [0.15, 0.2) is 11.5 Å². The molecule has 0 radical (unpaired) electrons. The number of anilines is 2. The third-order valence-corrected chi connectivity index (χ3v) is 7.70. The number of aryl methyl sites for hydroxylation is 1. The second-order valence-electron chi connectivity index (χ2n) is 10.3. The molecule has 2 N–H and O–H groups in total. The molecule has 2 saturated heterocycles. The Bertz CT molecular complexity index is 1340. The van der Waals surface area contributed by atoms with Gasteiger partial charge in [0.1, 0.15) is 6.07 Å². The summed E-state index contributed by atoms with van der Waals surface area (Å²) in [4.78, 5) is 26.4. The zero-order valence-electron chi connectivity index (χ0n) is 21.6. The van der Waals surface area contributed by atoms with Crippen molar-refractivity contribution in [1.29, 1.82) is 5.26 Å². The van der Waals surface area contributed by atoms with Gasteiger partial charge in [-0.2, -0.15) is 5.26 Å². The number of hydrogen-bond acceptors (Lipinski definition) is 7. The number of benzene rings is 2. The lowest BCUT2D eigenvalue weighted by molar-refractivity contribution is 0.0698. The summed E-state index contributed by atoms with van der Waals surface area (Å²) >= 11 is 0. The van der Waals surface area contributed by atoms with Gasteiger partial charge in [-0.15, -0.1) is 0 Å². The summed E-state index contributed by atoms with van der Waals surface area (Å²) < 4.78 is 0. The first-order valence-corrected chi connectivity index (χ1v) is 13.2. The first-order chi connectivity index (χ1) is 17.9. The Labute approximate surface area is 217 Å². The minimum atomic E-state index is -0.974. The summed E-state index contributed by atoms with van der Waals surface area (Å²) in [5.41, 5.74) is 4.49. The summed E-state index contributed by atoms with van der Waals surface area (Å²) in [6.45, 7) is 8.10. The molecule has 8 heteroatoms. The van der Waals surface area contributed by atoms with Crippen LogP contribution < -0.4 is 10.2 Å². The molecule has 2 aliphatic heterocycles. The number of fused-ring (bicyclic) bond motifs is 1. The summed E-state index contributed by atoms with van der Waals surface area (Å²) in [6.07, 6.45) is 6.05. The number of nitrogens with one attached hydrogen (secondary N) is 1. The van der Waals surface area contributed by atoms with Crippen LogP contribution in [0.4, 0.5) is 11.5 Å². The molecule has 1 aromatic heterocycles. The molecule has 0 aliphatic carbocycles. The Morgan fingerprint density at radius 2 is 1.84 bits per heavy atom. The van der Waals surface area contributed by atoms with Crippen molar-refractivity contribution in [2.75, 3.05) is 36.4 Å². The van der Waals surface area contributed by atoms with Gasteiger partial charge >= 0.3 is 5.97 Å². The molecule has 2 aromatic carbocycles. The van der Waals surface area contributed by atoms with E-state index in [0.717, 1.165) is 42.6 Å². The van der Waals surface area contributed by atoms with Gasteiger partial charge in [0.2, 0.25) is 0 Å². The Morgan fingerprint density at radius 3 is 2.54 bits per heavy atom. The number of carboxylic acids is 1. The number of nitrogens with zero attached hydrogens (tertiary/aromatic N) is 5. The maximum atomic E-state index is 11.7. The van der Waals surface area contributed by atoms with Crippen molar-refractivity contribution in [3.05, 3.63) is 58.8 Å². The minimum absolute atomic E-state index is 0.220. The van der Waals surface area contributed by atoms with Gasteiger partial charge in [-0.3, -0.25) is 0 Å². The van der Waals surface area contributed by atoms with E-state index >= 15 is 0 Å². The summed E-state index contributed by atoms with van der Waals surface area (Å²) in [6, 6.07) is 13.6. The number of para-hydroxylation sites is 1. The average molecular weight is 499 g/mol. The molecular formula is C29H34N6O2. The van der Waals surface area contributed by atoms with E-state index in [4.69, 9.17) is 9.97 Å². The van der Waals surface area contributed by atoms with Crippen LogP contribution in [0.15, 0.2) is 36.4 Å². The molecule has 0 amide bonds. The van der Waals surface area contributed by atoms with Crippen molar-refractivity contribution in [1.82, 2.24) is 14.9 Å². The van der Waals surface area contributed by atoms with E-state index in [0.29, 0.717) is 28.8 Å². The second kappa shape index (κ2) is 10.7. The maximum absolute atomic E-state index is 11.7. The van der Waals surface area contributed by atoms with E-state index in [9.17, 15) is 15.2 Å². The highest BCUT2D eigenvalue weighted by atomic mass is 16.4. The lowest BCUT2D eigenvalue weighted by atomic mass is 9.99. The largest absolute Gasteiger partial charge is 0.478 e. The van der Waals surface area contributed by atoms with Crippen molar-refractivity contribution in [2.45, 2.75) is 58.0 Å². The topological polar surface area (TPSA) is 105 Å². The number of carbonyl (C=O) groups is 1. The van der Waals surface area contributed by atoms with Crippen LogP contribution in [0.5, 0.6) is 0 Å². The van der Waals surface area contributed by atoms with Crippen LogP contribution >= 0.6 is 0 Å². The Balaban J connectivity index is 1.45. The van der Waals surface area contributed by atoms with Crippen molar-refractivity contribution in [3.8, 4) is 6.07 Å². The van der Waals surface area contributed by atoms with E-state index in [1.807, 2.05) is 26.0 Å². The van der Waals surface area contributed by atoms with Gasteiger partial charge in [-0.25, -0.2) is 14.8 Å². The molecule has 3 aromatic rings. The van der Waals surface area contributed by atoms with Crippen LogP contribution in [0.2, 0.25) is 0 Å². The highest BCUT2D eigenvalue weighted by Crippen LogP contribution is 2.32. The van der Waals surface area contributed by atoms with Crippen molar-refractivity contribution >= 4 is 28.5 Å². The fourth-order valence-electron chi connectivity index (χ4n) is 5.78. The number of nitriles is 1.